The fraction of sp³-hybridized carbons (Fsp3) is 0.217. The van der Waals surface area contributed by atoms with Gasteiger partial charge >= 0.3 is 12.4 Å². The highest BCUT2D eigenvalue weighted by molar-refractivity contribution is 7.92. The van der Waals surface area contributed by atoms with E-state index >= 15 is 0 Å². The Hall–Kier alpha value is -3.65. The van der Waals surface area contributed by atoms with E-state index in [0.29, 0.717) is 18.2 Å². The number of fused-ring (bicyclic) bond motifs is 2. The zero-order chi connectivity index (χ0) is 27.3. The number of hydrogen-bond donors (Lipinski definition) is 2. The van der Waals surface area contributed by atoms with E-state index in [1.54, 1.807) is 0 Å². The van der Waals surface area contributed by atoms with Crippen LogP contribution in [0.2, 0.25) is 0 Å². The highest BCUT2D eigenvalue weighted by atomic mass is 32.2. The van der Waals surface area contributed by atoms with Gasteiger partial charge in [0.25, 0.3) is 10.0 Å². The van der Waals surface area contributed by atoms with Crippen LogP contribution in [0.4, 0.5) is 43.5 Å². The average Bonchev–Trinajstić information content (AvgIpc) is 2.98. The zero-order valence-electron chi connectivity index (χ0n) is 18.7. The van der Waals surface area contributed by atoms with Crippen molar-refractivity contribution in [2.45, 2.75) is 36.8 Å². The monoisotopic (exact) mass is 545 g/mol. The molecule has 3 aromatic rings. The molecule has 1 unspecified atom stereocenters. The van der Waals surface area contributed by atoms with Gasteiger partial charge in [0.1, 0.15) is 17.6 Å². The van der Waals surface area contributed by atoms with Crippen LogP contribution in [-0.2, 0) is 28.9 Å². The Morgan fingerprint density at radius 3 is 2.22 bits per heavy atom. The van der Waals surface area contributed by atoms with Gasteiger partial charge in [0.2, 0.25) is 0 Å². The Bertz CT molecular complexity index is 1470. The van der Waals surface area contributed by atoms with Crippen molar-refractivity contribution < 1.29 is 44.7 Å². The lowest BCUT2D eigenvalue weighted by molar-refractivity contribution is -0.141. The van der Waals surface area contributed by atoms with E-state index in [1.807, 2.05) is 0 Å². The van der Waals surface area contributed by atoms with Crippen molar-refractivity contribution >= 4 is 33.0 Å². The van der Waals surface area contributed by atoms with E-state index in [1.165, 1.54) is 19.1 Å². The third kappa shape index (κ3) is 5.11. The molecule has 1 atom stereocenters. The molecule has 1 aliphatic rings. The number of aromatic nitrogens is 1. The van der Waals surface area contributed by atoms with Gasteiger partial charge in [0, 0.05) is 11.1 Å². The summed E-state index contributed by atoms with van der Waals surface area (Å²) < 4.78 is 107. The molecule has 4 rings (SSSR count). The molecule has 0 aliphatic carbocycles. The first-order valence-corrected chi connectivity index (χ1v) is 11.9. The molecule has 1 aliphatic heterocycles. The maximum absolute atomic E-state index is 13.6. The fourth-order valence-electron chi connectivity index (χ4n) is 3.64. The summed E-state index contributed by atoms with van der Waals surface area (Å²) in [7, 11) is -4.60. The van der Waals surface area contributed by atoms with Crippen LogP contribution < -0.4 is 9.62 Å². The predicted octanol–water partition coefficient (Wildman–Crippen LogP) is 5.14. The summed E-state index contributed by atoms with van der Waals surface area (Å²) in [5.41, 5.74) is -2.61. The van der Waals surface area contributed by atoms with Crippen LogP contribution in [0.1, 0.15) is 34.1 Å². The number of sulfonamides is 1. The summed E-state index contributed by atoms with van der Waals surface area (Å²) in [6.45, 7) is 0.636. The van der Waals surface area contributed by atoms with Crippen molar-refractivity contribution in [3.8, 4) is 0 Å². The molecule has 2 N–H and O–H groups in total. The Kier molecular flexibility index (Phi) is 6.44. The highest BCUT2D eigenvalue weighted by Gasteiger charge is 2.36. The van der Waals surface area contributed by atoms with Crippen molar-refractivity contribution in [2.75, 3.05) is 9.62 Å². The number of nitrogens with zero attached hydrogens (tertiary/aromatic N) is 2. The van der Waals surface area contributed by atoms with E-state index in [2.05, 4.69) is 10.3 Å². The standard InChI is InChI=1S/C23H17F6N3O4S/c1-12(33)20(34)13-2-8-17-18(10-13)32(11-14-3-9-19(23(27,28)29)31-21(14)30-17)37(35,36)16-6-4-15(5-7-16)22(24,25)26/h2-10,12,33H,11H2,1H3,(H,30,31). The van der Waals surface area contributed by atoms with Gasteiger partial charge in [-0.05, 0) is 55.5 Å². The number of aliphatic hydroxyl groups is 1. The lowest BCUT2D eigenvalue weighted by Crippen LogP contribution is -2.30. The number of ketones is 1. The molecule has 0 spiro atoms. The van der Waals surface area contributed by atoms with Gasteiger partial charge in [-0.2, -0.15) is 26.3 Å². The summed E-state index contributed by atoms with van der Waals surface area (Å²) in [5, 5.41) is 12.3. The van der Waals surface area contributed by atoms with Gasteiger partial charge in [-0.25, -0.2) is 13.4 Å². The molecule has 2 heterocycles. The molecule has 37 heavy (non-hydrogen) atoms. The van der Waals surface area contributed by atoms with Crippen LogP contribution in [0.15, 0.2) is 59.5 Å². The quantitative estimate of drug-likeness (QED) is 0.348. The number of anilines is 3. The smallest absolute Gasteiger partial charge is 0.385 e. The van der Waals surface area contributed by atoms with Crippen LogP contribution in [0.3, 0.4) is 0 Å². The van der Waals surface area contributed by atoms with Crippen molar-refractivity contribution in [1.29, 1.82) is 0 Å². The van der Waals surface area contributed by atoms with Crippen LogP contribution in [-0.4, -0.2) is 30.4 Å². The number of carbonyl (C=O) groups is 1. The summed E-state index contributed by atoms with van der Waals surface area (Å²) in [6, 6.07) is 7.97. The first kappa shape index (κ1) is 26.4. The molecule has 14 heteroatoms. The number of rotatable bonds is 4. The average molecular weight is 545 g/mol. The summed E-state index contributed by atoms with van der Waals surface area (Å²) in [4.78, 5) is 15.4. The van der Waals surface area contributed by atoms with E-state index in [9.17, 15) is 44.7 Å². The number of aliphatic hydroxyl groups excluding tert-OH is 1. The molecule has 0 saturated carbocycles. The maximum Gasteiger partial charge on any atom is 0.433 e. The molecular weight excluding hydrogens is 528 g/mol. The predicted molar refractivity (Wildman–Crippen MR) is 120 cm³/mol. The SMILES string of the molecule is CC(O)C(=O)c1ccc2c(c1)N(S(=O)(=O)c1ccc(C(F)(F)F)cc1)Cc1ccc(C(F)(F)F)nc1N2. The van der Waals surface area contributed by atoms with E-state index < -0.39 is 57.0 Å². The molecule has 7 nitrogen and oxygen atoms in total. The Morgan fingerprint density at radius 2 is 1.65 bits per heavy atom. The largest absolute Gasteiger partial charge is 0.433 e. The summed E-state index contributed by atoms with van der Waals surface area (Å²) in [5.74, 6) is -1.05. The summed E-state index contributed by atoms with van der Waals surface area (Å²) in [6.07, 6.45) is -10.9. The second-order valence-corrected chi connectivity index (χ2v) is 10.00. The maximum atomic E-state index is 13.6. The third-order valence-electron chi connectivity index (χ3n) is 5.54. The lowest BCUT2D eigenvalue weighted by Gasteiger charge is -2.25. The van der Waals surface area contributed by atoms with Crippen molar-refractivity contribution in [1.82, 2.24) is 4.98 Å². The molecule has 196 valence electrons. The number of hydrogen-bond acceptors (Lipinski definition) is 6. The number of carbonyl (C=O) groups excluding carboxylic acids is 1. The molecule has 0 radical (unpaired) electrons. The minimum Gasteiger partial charge on any atom is -0.385 e. The minimum absolute atomic E-state index is 0.0306. The zero-order valence-corrected chi connectivity index (χ0v) is 19.5. The normalized spacial score (nSPS) is 14.8. The second kappa shape index (κ2) is 9.03. The van der Waals surface area contributed by atoms with E-state index in [0.717, 1.165) is 28.6 Å². The van der Waals surface area contributed by atoms with Crippen molar-refractivity contribution in [3.05, 3.63) is 77.0 Å². The summed E-state index contributed by atoms with van der Waals surface area (Å²) >= 11 is 0. The van der Waals surface area contributed by atoms with Gasteiger partial charge in [-0.3, -0.25) is 9.10 Å². The molecular formula is C23H17F6N3O4S. The Labute approximate surface area is 206 Å². The number of pyridine rings is 1. The van der Waals surface area contributed by atoms with Gasteiger partial charge in [0.05, 0.1) is 28.4 Å². The Balaban J connectivity index is 1.89. The first-order valence-electron chi connectivity index (χ1n) is 10.5. The van der Waals surface area contributed by atoms with Crippen LogP contribution >= 0.6 is 0 Å². The van der Waals surface area contributed by atoms with Gasteiger partial charge in [0.15, 0.2) is 5.78 Å². The topological polar surface area (TPSA) is 99.6 Å². The van der Waals surface area contributed by atoms with Crippen LogP contribution in [0.25, 0.3) is 0 Å². The molecule has 2 aromatic carbocycles. The van der Waals surface area contributed by atoms with Crippen LogP contribution in [0, 0.1) is 0 Å². The fourth-order valence-corrected chi connectivity index (χ4v) is 5.10. The third-order valence-corrected chi connectivity index (χ3v) is 7.31. The Morgan fingerprint density at radius 1 is 1.00 bits per heavy atom. The second-order valence-electron chi connectivity index (χ2n) is 8.13. The first-order chi connectivity index (χ1) is 17.1. The highest BCUT2D eigenvalue weighted by Crippen LogP contribution is 2.40. The number of benzene rings is 2. The molecule has 0 amide bonds. The van der Waals surface area contributed by atoms with Gasteiger partial charge in [-0.15, -0.1) is 0 Å². The molecule has 0 bridgehead atoms. The molecule has 1 aromatic heterocycles. The van der Waals surface area contributed by atoms with Gasteiger partial charge in [-0.1, -0.05) is 6.07 Å². The number of nitrogens with one attached hydrogen (secondary N) is 1. The number of halogens is 6. The van der Waals surface area contributed by atoms with Gasteiger partial charge < -0.3 is 10.4 Å². The lowest BCUT2D eigenvalue weighted by atomic mass is 10.1. The molecule has 0 saturated heterocycles. The van der Waals surface area contributed by atoms with Crippen molar-refractivity contribution in [2.24, 2.45) is 0 Å². The van der Waals surface area contributed by atoms with E-state index in [-0.39, 0.29) is 28.3 Å². The number of alkyl halides is 6. The van der Waals surface area contributed by atoms with Crippen LogP contribution in [0.5, 0.6) is 0 Å². The van der Waals surface area contributed by atoms with E-state index in [4.69, 9.17) is 0 Å². The molecule has 0 fully saturated rings. The minimum atomic E-state index is -4.79. The van der Waals surface area contributed by atoms with Crippen molar-refractivity contribution in [3.63, 3.8) is 0 Å². The number of Topliss-reactive ketones (excluding diaryl/α,β-unsaturated/α-hetero) is 1.